The molecule has 0 aliphatic carbocycles. The highest BCUT2D eigenvalue weighted by atomic mass is 15.2. The van der Waals surface area contributed by atoms with Gasteiger partial charge in [-0.3, -0.25) is 4.98 Å². The first-order valence-electron chi connectivity index (χ1n) is 7.62. The molecule has 3 heteroatoms. The number of pyridine rings is 1. The van der Waals surface area contributed by atoms with Crippen LogP contribution in [0.15, 0.2) is 18.5 Å². The number of hydrogen-bond acceptors (Lipinski definition) is 3. The van der Waals surface area contributed by atoms with Crippen molar-refractivity contribution in [2.24, 2.45) is 5.92 Å². The molecule has 2 atom stereocenters. The van der Waals surface area contributed by atoms with Gasteiger partial charge in [0.15, 0.2) is 0 Å². The first-order chi connectivity index (χ1) is 9.22. The van der Waals surface area contributed by atoms with Crippen LogP contribution in [0.4, 0.5) is 5.69 Å². The fraction of sp³-hybridized carbons (Fsp3) is 0.688. The first-order valence-corrected chi connectivity index (χ1v) is 7.62. The Balaban J connectivity index is 2.10. The van der Waals surface area contributed by atoms with Crippen molar-refractivity contribution in [2.45, 2.75) is 52.6 Å². The molecule has 0 saturated carbocycles. The fourth-order valence-corrected chi connectivity index (χ4v) is 3.00. The third-order valence-corrected chi connectivity index (χ3v) is 4.07. The molecule has 0 amide bonds. The number of aromatic nitrogens is 1. The number of piperidine rings is 1. The number of anilines is 1. The number of rotatable bonds is 5. The van der Waals surface area contributed by atoms with E-state index in [9.17, 15) is 0 Å². The second-order valence-electron chi connectivity index (χ2n) is 5.85. The molecule has 1 aliphatic heterocycles. The third kappa shape index (κ3) is 3.69. The Bertz CT molecular complexity index is 391. The van der Waals surface area contributed by atoms with Crippen molar-refractivity contribution >= 4 is 5.69 Å². The van der Waals surface area contributed by atoms with Crippen molar-refractivity contribution in [3.05, 3.63) is 24.0 Å². The van der Waals surface area contributed by atoms with E-state index in [1.54, 1.807) is 0 Å². The van der Waals surface area contributed by atoms with Crippen LogP contribution in [0, 0.1) is 5.92 Å². The number of hydrogen-bond donors (Lipinski definition) is 1. The maximum Gasteiger partial charge on any atom is 0.0445 e. The molecule has 0 aromatic carbocycles. The maximum absolute atomic E-state index is 4.29. The van der Waals surface area contributed by atoms with Crippen LogP contribution in [0.2, 0.25) is 0 Å². The summed E-state index contributed by atoms with van der Waals surface area (Å²) in [5.74, 6) is 0.856. The van der Waals surface area contributed by atoms with E-state index in [0.29, 0.717) is 6.04 Å². The van der Waals surface area contributed by atoms with Crippen LogP contribution in [0.3, 0.4) is 0 Å². The lowest BCUT2D eigenvalue weighted by molar-refractivity contribution is 0.377. The summed E-state index contributed by atoms with van der Waals surface area (Å²) in [5, 5.41) is 3.49. The third-order valence-electron chi connectivity index (χ3n) is 4.07. The van der Waals surface area contributed by atoms with Crippen LogP contribution < -0.4 is 10.2 Å². The largest absolute Gasteiger partial charge is 0.368 e. The molecule has 1 saturated heterocycles. The Morgan fingerprint density at radius 3 is 3.00 bits per heavy atom. The summed E-state index contributed by atoms with van der Waals surface area (Å²) in [6, 6.07) is 2.81. The van der Waals surface area contributed by atoms with Gasteiger partial charge in [-0.15, -0.1) is 0 Å². The second kappa shape index (κ2) is 6.90. The van der Waals surface area contributed by atoms with E-state index in [-0.39, 0.29) is 0 Å². The van der Waals surface area contributed by atoms with Gasteiger partial charge in [0.2, 0.25) is 0 Å². The molecule has 0 bridgehead atoms. The molecule has 2 heterocycles. The van der Waals surface area contributed by atoms with Crippen molar-refractivity contribution in [3.63, 3.8) is 0 Å². The average molecular weight is 261 g/mol. The predicted molar refractivity (Wildman–Crippen MR) is 81.4 cm³/mol. The lowest BCUT2D eigenvalue weighted by Gasteiger charge is -2.39. The Hall–Kier alpha value is -1.09. The zero-order chi connectivity index (χ0) is 13.7. The van der Waals surface area contributed by atoms with Crippen LogP contribution in [0.5, 0.6) is 0 Å². The van der Waals surface area contributed by atoms with Gasteiger partial charge in [0.1, 0.15) is 0 Å². The standard InChI is InChI=1S/C16H27N3/c1-4-7-17-11-15-12-18-8-5-16(15)19-9-6-13(2)10-14(19)3/h5,8,12-14,17H,4,6-7,9-11H2,1-3H3. The van der Waals surface area contributed by atoms with Gasteiger partial charge in [-0.1, -0.05) is 13.8 Å². The summed E-state index contributed by atoms with van der Waals surface area (Å²) in [6.07, 6.45) is 7.71. The van der Waals surface area contributed by atoms with Gasteiger partial charge in [-0.2, -0.15) is 0 Å². The lowest BCUT2D eigenvalue weighted by Crippen LogP contribution is -2.41. The SMILES string of the molecule is CCCNCc1cnccc1N1CCC(C)CC1C. The Morgan fingerprint density at radius 1 is 1.42 bits per heavy atom. The van der Waals surface area contributed by atoms with E-state index in [4.69, 9.17) is 0 Å². The van der Waals surface area contributed by atoms with Gasteiger partial charge in [-0.25, -0.2) is 0 Å². The van der Waals surface area contributed by atoms with Gasteiger partial charge in [0, 0.05) is 42.8 Å². The van der Waals surface area contributed by atoms with Crippen LogP contribution in [-0.2, 0) is 6.54 Å². The Morgan fingerprint density at radius 2 is 2.26 bits per heavy atom. The quantitative estimate of drug-likeness (QED) is 0.825. The van der Waals surface area contributed by atoms with E-state index >= 15 is 0 Å². The van der Waals surface area contributed by atoms with Crippen molar-refractivity contribution in [3.8, 4) is 0 Å². The summed E-state index contributed by atoms with van der Waals surface area (Å²) in [6.45, 7) is 10.1. The molecule has 0 radical (unpaired) electrons. The summed E-state index contributed by atoms with van der Waals surface area (Å²) < 4.78 is 0. The van der Waals surface area contributed by atoms with Crippen LogP contribution in [0.1, 0.15) is 45.6 Å². The van der Waals surface area contributed by atoms with Gasteiger partial charge in [0.05, 0.1) is 0 Å². The minimum Gasteiger partial charge on any atom is -0.368 e. The summed E-state index contributed by atoms with van der Waals surface area (Å²) in [5.41, 5.74) is 2.70. The van der Waals surface area contributed by atoms with E-state index in [2.05, 4.69) is 42.0 Å². The smallest absolute Gasteiger partial charge is 0.0445 e. The minimum absolute atomic E-state index is 0.635. The molecule has 3 nitrogen and oxygen atoms in total. The predicted octanol–water partition coefficient (Wildman–Crippen LogP) is 3.21. The van der Waals surface area contributed by atoms with Gasteiger partial charge in [0.25, 0.3) is 0 Å². The average Bonchev–Trinajstić information content (AvgIpc) is 2.40. The molecule has 1 N–H and O–H groups in total. The summed E-state index contributed by atoms with van der Waals surface area (Å²) in [4.78, 5) is 6.85. The Kier molecular flexibility index (Phi) is 5.20. The van der Waals surface area contributed by atoms with E-state index < -0.39 is 0 Å². The van der Waals surface area contributed by atoms with Crippen LogP contribution in [-0.4, -0.2) is 24.1 Å². The van der Waals surface area contributed by atoms with Crippen LogP contribution in [0.25, 0.3) is 0 Å². The highest BCUT2D eigenvalue weighted by Crippen LogP contribution is 2.29. The monoisotopic (exact) mass is 261 g/mol. The lowest BCUT2D eigenvalue weighted by atomic mass is 9.92. The van der Waals surface area contributed by atoms with Gasteiger partial charge >= 0.3 is 0 Å². The minimum atomic E-state index is 0.635. The maximum atomic E-state index is 4.29. The zero-order valence-corrected chi connectivity index (χ0v) is 12.5. The molecule has 0 spiro atoms. The summed E-state index contributed by atoms with van der Waals surface area (Å²) in [7, 11) is 0. The van der Waals surface area contributed by atoms with Crippen molar-refractivity contribution in [1.29, 1.82) is 0 Å². The molecule has 1 aromatic rings. The molecule has 19 heavy (non-hydrogen) atoms. The Labute approximate surface area is 117 Å². The highest BCUT2D eigenvalue weighted by Gasteiger charge is 2.24. The molecule has 2 unspecified atom stereocenters. The zero-order valence-electron chi connectivity index (χ0n) is 12.5. The molecule has 1 aromatic heterocycles. The fourth-order valence-electron chi connectivity index (χ4n) is 3.00. The molecule has 106 valence electrons. The molecular weight excluding hydrogens is 234 g/mol. The number of nitrogens with zero attached hydrogens (tertiary/aromatic N) is 2. The van der Waals surface area contributed by atoms with Crippen molar-refractivity contribution < 1.29 is 0 Å². The van der Waals surface area contributed by atoms with Crippen molar-refractivity contribution in [1.82, 2.24) is 10.3 Å². The topological polar surface area (TPSA) is 28.2 Å². The number of nitrogens with one attached hydrogen (secondary N) is 1. The normalized spacial score (nSPS) is 23.6. The van der Waals surface area contributed by atoms with Crippen LogP contribution >= 0.6 is 0 Å². The summed E-state index contributed by atoms with van der Waals surface area (Å²) >= 11 is 0. The van der Waals surface area contributed by atoms with Gasteiger partial charge in [-0.05, 0) is 44.7 Å². The van der Waals surface area contributed by atoms with E-state index in [1.807, 2.05) is 12.4 Å². The molecular formula is C16H27N3. The van der Waals surface area contributed by atoms with E-state index in [1.165, 1.54) is 37.1 Å². The second-order valence-corrected chi connectivity index (χ2v) is 5.85. The van der Waals surface area contributed by atoms with Gasteiger partial charge < -0.3 is 10.2 Å². The van der Waals surface area contributed by atoms with E-state index in [0.717, 1.165) is 19.0 Å². The molecule has 2 rings (SSSR count). The molecule has 1 fully saturated rings. The van der Waals surface area contributed by atoms with Crippen molar-refractivity contribution in [2.75, 3.05) is 18.0 Å². The molecule has 1 aliphatic rings. The highest BCUT2D eigenvalue weighted by molar-refractivity contribution is 5.53. The first kappa shape index (κ1) is 14.3.